The number of hydrogen-bond acceptors (Lipinski definition) is 6. The molecule has 33 heavy (non-hydrogen) atoms. The third-order valence-corrected chi connectivity index (χ3v) is 6.52. The zero-order valence-corrected chi connectivity index (χ0v) is 17.9. The van der Waals surface area contributed by atoms with Crippen molar-refractivity contribution in [2.45, 2.75) is 36.7 Å². The highest BCUT2D eigenvalue weighted by Gasteiger charge is 2.49. The Bertz CT molecular complexity index is 1280. The van der Waals surface area contributed by atoms with Gasteiger partial charge in [0.05, 0.1) is 11.2 Å². The summed E-state index contributed by atoms with van der Waals surface area (Å²) in [5, 5.41) is 14.4. The van der Waals surface area contributed by atoms with Crippen LogP contribution in [0.3, 0.4) is 0 Å². The quantitative estimate of drug-likeness (QED) is 0.435. The van der Waals surface area contributed by atoms with E-state index in [0.29, 0.717) is 31.5 Å². The Labute approximate surface area is 186 Å². The molecule has 0 aliphatic carbocycles. The second kappa shape index (κ2) is 8.21. The van der Waals surface area contributed by atoms with Gasteiger partial charge in [-0.25, -0.2) is 9.31 Å². The molecular weight excluding hydrogens is 465 g/mol. The van der Waals surface area contributed by atoms with E-state index in [4.69, 9.17) is 0 Å². The van der Waals surface area contributed by atoms with Gasteiger partial charge in [-0.05, 0) is 24.8 Å². The SMILES string of the molecule is O=C(O)N1CCCCC1(Cc1ccccc1)c1cc2nc(OS(=O)(=O)C(F)(F)F)ccn2n1. The molecule has 1 atom stereocenters. The van der Waals surface area contributed by atoms with Crippen molar-refractivity contribution in [2.75, 3.05) is 6.54 Å². The van der Waals surface area contributed by atoms with Crippen LogP contribution < -0.4 is 4.18 Å². The molecule has 1 aliphatic rings. The van der Waals surface area contributed by atoms with Gasteiger partial charge in [-0.2, -0.15) is 31.7 Å². The lowest BCUT2D eigenvalue weighted by Crippen LogP contribution is -2.53. The lowest BCUT2D eigenvalue weighted by Gasteiger charge is -2.44. The van der Waals surface area contributed by atoms with Crippen LogP contribution in [0.1, 0.15) is 30.5 Å². The molecule has 1 saturated heterocycles. The minimum atomic E-state index is -5.88. The van der Waals surface area contributed by atoms with Gasteiger partial charge >= 0.3 is 21.7 Å². The summed E-state index contributed by atoms with van der Waals surface area (Å²) in [4.78, 5) is 17.3. The number of benzene rings is 1. The van der Waals surface area contributed by atoms with Crippen molar-refractivity contribution in [3.8, 4) is 5.88 Å². The van der Waals surface area contributed by atoms with Crippen molar-refractivity contribution in [2.24, 2.45) is 0 Å². The van der Waals surface area contributed by atoms with Crippen LogP contribution in [0.2, 0.25) is 0 Å². The Hall–Kier alpha value is -3.35. The van der Waals surface area contributed by atoms with Crippen LogP contribution >= 0.6 is 0 Å². The zero-order chi connectivity index (χ0) is 23.9. The molecule has 1 fully saturated rings. The number of piperidine rings is 1. The van der Waals surface area contributed by atoms with Crippen molar-refractivity contribution >= 4 is 21.9 Å². The van der Waals surface area contributed by atoms with Gasteiger partial charge < -0.3 is 9.29 Å². The summed E-state index contributed by atoms with van der Waals surface area (Å²) in [5.41, 5.74) is -5.37. The molecule has 1 aliphatic heterocycles. The largest absolute Gasteiger partial charge is 0.534 e. The monoisotopic (exact) mass is 484 g/mol. The smallest absolute Gasteiger partial charge is 0.465 e. The van der Waals surface area contributed by atoms with Crippen LogP contribution in [-0.4, -0.2) is 51.2 Å². The van der Waals surface area contributed by atoms with Crippen LogP contribution in [-0.2, 0) is 22.1 Å². The Kier molecular flexibility index (Phi) is 5.68. The molecule has 1 N–H and O–H groups in total. The maximum Gasteiger partial charge on any atom is 0.534 e. The molecule has 13 heteroatoms. The lowest BCUT2D eigenvalue weighted by atomic mass is 9.79. The van der Waals surface area contributed by atoms with Crippen LogP contribution in [0, 0.1) is 0 Å². The van der Waals surface area contributed by atoms with Crippen molar-refractivity contribution in [1.82, 2.24) is 19.5 Å². The molecule has 1 aromatic carbocycles. The summed E-state index contributed by atoms with van der Waals surface area (Å²) in [6.07, 6.45) is 2.32. The first-order valence-corrected chi connectivity index (χ1v) is 11.3. The van der Waals surface area contributed by atoms with Gasteiger partial charge in [0.15, 0.2) is 5.65 Å². The van der Waals surface area contributed by atoms with Gasteiger partial charge in [0.1, 0.15) is 0 Å². The molecule has 1 amide bonds. The average Bonchev–Trinajstić information content (AvgIpc) is 3.17. The zero-order valence-electron chi connectivity index (χ0n) is 17.1. The average molecular weight is 484 g/mol. The predicted molar refractivity (Wildman–Crippen MR) is 109 cm³/mol. The number of alkyl halides is 3. The number of aromatic nitrogens is 3. The molecule has 176 valence electrons. The number of fused-ring (bicyclic) bond motifs is 1. The van der Waals surface area contributed by atoms with Crippen LogP contribution in [0.4, 0.5) is 18.0 Å². The predicted octanol–water partition coefficient (Wildman–Crippen LogP) is 3.56. The van der Waals surface area contributed by atoms with E-state index in [1.54, 1.807) is 0 Å². The number of amides is 1. The molecule has 4 rings (SSSR count). The highest BCUT2D eigenvalue weighted by Crippen LogP contribution is 2.40. The normalized spacial score (nSPS) is 19.5. The summed E-state index contributed by atoms with van der Waals surface area (Å²) in [5.74, 6) is -0.776. The highest BCUT2D eigenvalue weighted by molar-refractivity contribution is 7.87. The highest BCUT2D eigenvalue weighted by atomic mass is 32.2. The number of rotatable bonds is 5. The summed E-state index contributed by atoms with van der Waals surface area (Å²) in [7, 11) is -5.88. The number of nitrogens with zero attached hydrogens (tertiary/aromatic N) is 4. The third kappa shape index (κ3) is 4.32. The number of halogens is 3. The Balaban J connectivity index is 1.78. The summed E-state index contributed by atoms with van der Waals surface area (Å²) in [6, 6.07) is 11.7. The number of carbonyl (C=O) groups is 1. The molecule has 0 spiro atoms. The maximum atomic E-state index is 12.6. The summed E-state index contributed by atoms with van der Waals surface area (Å²) >= 11 is 0. The standard InChI is InChI=1S/C20H19F3N4O5S/c21-20(22,23)33(30,31)32-17-8-11-27-16(24-17)12-15(25-27)19(13-14-6-2-1-3-7-14)9-4-5-10-26(19)18(28)29/h1-3,6-8,11-12H,4-5,9-10,13H2,(H,28,29). The molecule has 1 unspecified atom stereocenters. The molecule has 9 nitrogen and oxygen atoms in total. The van der Waals surface area contributed by atoms with Crippen LogP contribution in [0.5, 0.6) is 5.88 Å². The van der Waals surface area contributed by atoms with Gasteiger partial charge in [-0.1, -0.05) is 30.3 Å². The molecule has 2 aromatic heterocycles. The molecule has 0 saturated carbocycles. The van der Waals surface area contributed by atoms with Gasteiger partial charge in [-0.3, -0.25) is 4.90 Å². The van der Waals surface area contributed by atoms with E-state index in [1.807, 2.05) is 30.3 Å². The fraction of sp³-hybridized carbons (Fsp3) is 0.350. The second-order valence-electron chi connectivity index (χ2n) is 7.67. The number of likely N-dealkylation sites (tertiary alicyclic amines) is 1. The third-order valence-electron chi connectivity index (χ3n) is 5.56. The fourth-order valence-electron chi connectivity index (χ4n) is 4.09. The minimum Gasteiger partial charge on any atom is -0.465 e. The van der Waals surface area contributed by atoms with E-state index in [2.05, 4.69) is 14.3 Å². The van der Waals surface area contributed by atoms with Crippen molar-refractivity contribution < 1.29 is 35.7 Å². The Morgan fingerprint density at radius 2 is 1.91 bits per heavy atom. The van der Waals surface area contributed by atoms with Gasteiger partial charge in [0.2, 0.25) is 5.88 Å². The van der Waals surface area contributed by atoms with Gasteiger partial charge in [-0.15, -0.1) is 0 Å². The van der Waals surface area contributed by atoms with E-state index >= 15 is 0 Å². The second-order valence-corrected chi connectivity index (χ2v) is 9.20. The fourth-order valence-corrected chi connectivity index (χ4v) is 4.50. The minimum absolute atomic E-state index is 0.0169. The molecule has 0 radical (unpaired) electrons. The van der Waals surface area contributed by atoms with E-state index in [9.17, 15) is 31.5 Å². The Morgan fingerprint density at radius 3 is 2.58 bits per heavy atom. The van der Waals surface area contributed by atoms with Crippen LogP contribution in [0.25, 0.3) is 5.65 Å². The molecule has 3 heterocycles. The first kappa shape index (κ1) is 22.8. The van der Waals surface area contributed by atoms with Crippen molar-refractivity contribution in [3.05, 3.63) is 59.9 Å². The van der Waals surface area contributed by atoms with Gasteiger partial charge in [0.25, 0.3) is 0 Å². The van der Waals surface area contributed by atoms with Crippen molar-refractivity contribution in [1.29, 1.82) is 0 Å². The topological polar surface area (TPSA) is 114 Å². The Morgan fingerprint density at radius 1 is 1.18 bits per heavy atom. The maximum absolute atomic E-state index is 12.6. The molecule has 3 aromatic rings. The van der Waals surface area contributed by atoms with Crippen molar-refractivity contribution in [3.63, 3.8) is 0 Å². The summed E-state index contributed by atoms with van der Waals surface area (Å²) in [6.45, 7) is 0.293. The van der Waals surface area contributed by atoms with E-state index < -0.39 is 33.1 Å². The molecular formula is C20H19F3N4O5S. The van der Waals surface area contributed by atoms with E-state index in [-0.39, 0.29) is 5.65 Å². The van der Waals surface area contributed by atoms with E-state index in [1.165, 1.54) is 21.7 Å². The first-order chi connectivity index (χ1) is 15.5. The first-order valence-electron chi connectivity index (χ1n) is 9.94. The summed E-state index contributed by atoms with van der Waals surface area (Å²) < 4.78 is 65.9. The van der Waals surface area contributed by atoms with Gasteiger partial charge in [0, 0.05) is 31.3 Å². The van der Waals surface area contributed by atoms with Crippen LogP contribution in [0.15, 0.2) is 48.7 Å². The number of carboxylic acid groups (broad SMARTS) is 1. The van der Waals surface area contributed by atoms with E-state index in [0.717, 1.165) is 18.1 Å². The lowest BCUT2D eigenvalue weighted by molar-refractivity contribution is -0.0501. The molecule has 0 bridgehead atoms. The number of hydrogen-bond donors (Lipinski definition) is 1.